The van der Waals surface area contributed by atoms with Crippen LogP contribution in [0, 0.1) is 5.82 Å². The van der Waals surface area contributed by atoms with Crippen LogP contribution in [-0.2, 0) is 10.8 Å². The van der Waals surface area contributed by atoms with Crippen molar-refractivity contribution in [2.45, 2.75) is 37.4 Å². The second kappa shape index (κ2) is 6.97. The standard InChI is InChI=1S/C15H19FO3S/c1-19-15-8-7-11(9-13(15)16)14(17)10-20(18)12-5-3-2-4-6-12/h7-9,12H,2-6,10H2,1H3. The van der Waals surface area contributed by atoms with E-state index in [1.807, 2.05) is 0 Å². The highest BCUT2D eigenvalue weighted by Gasteiger charge is 2.22. The Balaban J connectivity index is 2.00. The lowest BCUT2D eigenvalue weighted by Gasteiger charge is -2.20. The average molecular weight is 298 g/mol. The van der Waals surface area contributed by atoms with E-state index in [0.29, 0.717) is 0 Å². The first-order chi connectivity index (χ1) is 9.61. The lowest BCUT2D eigenvalue weighted by atomic mass is 10.0. The number of ether oxygens (including phenoxy) is 1. The molecule has 1 atom stereocenters. The fourth-order valence-electron chi connectivity index (χ4n) is 2.50. The molecular formula is C15H19FO3S. The molecule has 0 spiro atoms. The molecule has 0 saturated heterocycles. The number of halogens is 1. The van der Waals surface area contributed by atoms with Gasteiger partial charge in [0.05, 0.1) is 12.9 Å². The molecule has 1 saturated carbocycles. The summed E-state index contributed by atoms with van der Waals surface area (Å²) in [5.74, 6) is -0.747. The van der Waals surface area contributed by atoms with E-state index in [0.717, 1.165) is 31.7 Å². The lowest BCUT2D eigenvalue weighted by molar-refractivity contribution is 0.102. The largest absolute Gasteiger partial charge is 0.494 e. The number of ketones is 1. The minimum Gasteiger partial charge on any atom is -0.494 e. The maximum atomic E-state index is 13.5. The van der Waals surface area contributed by atoms with Crippen molar-refractivity contribution in [2.75, 3.05) is 12.9 Å². The summed E-state index contributed by atoms with van der Waals surface area (Å²) in [7, 11) is 0.219. The zero-order valence-electron chi connectivity index (χ0n) is 11.6. The highest BCUT2D eigenvalue weighted by atomic mass is 32.2. The van der Waals surface area contributed by atoms with Gasteiger partial charge < -0.3 is 4.74 Å². The monoisotopic (exact) mass is 298 g/mol. The second-order valence-electron chi connectivity index (χ2n) is 5.06. The summed E-state index contributed by atoms with van der Waals surface area (Å²) in [6, 6.07) is 4.09. The normalized spacial score (nSPS) is 17.7. The SMILES string of the molecule is COc1ccc(C(=O)CS(=O)C2CCCCC2)cc1F. The molecule has 1 unspecified atom stereocenters. The number of hydrogen-bond donors (Lipinski definition) is 0. The quantitative estimate of drug-likeness (QED) is 0.785. The molecule has 2 rings (SSSR count). The van der Waals surface area contributed by atoms with Gasteiger partial charge in [-0.2, -0.15) is 0 Å². The maximum absolute atomic E-state index is 13.5. The van der Waals surface area contributed by atoms with E-state index in [-0.39, 0.29) is 28.1 Å². The predicted molar refractivity (Wildman–Crippen MR) is 77.2 cm³/mol. The van der Waals surface area contributed by atoms with E-state index in [4.69, 9.17) is 4.74 Å². The highest BCUT2D eigenvalue weighted by Crippen LogP contribution is 2.23. The van der Waals surface area contributed by atoms with E-state index in [9.17, 15) is 13.4 Å². The van der Waals surface area contributed by atoms with Gasteiger partial charge in [0.15, 0.2) is 17.3 Å². The van der Waals surface area contributed by atoms with Gasteiger partial charge in [0.1, 0.15) is 0 Å². The number of carbonyl (C=O) groups is 1. The van der Waals surface area contributed by atoms with Gasteiger partial charge in [-0.15, -0.1) is 0 Å². The number of rotatable bonds is 5. The van der Waals surface area contributed by atoms with E-state index in [1.165, 1.54) is 25.7 Å². The van der Waals surface area contributed by atoms with E-state index in [2.05, 4.69) is 0 Å². The third-order valence-corrected chi connectivity index (χ3v) is 5.43. The molecular weight excluding hydrogens is 279 g/mol. The van der Waals surface area contributed by atoms with Crippen molar-refractivity contribution in [3.63, 3.8) is 0 Å². The summed E-state index contributed by atoms with van der Waals surface area (Å²) in [5, 5.41) is 0.121. The van der Waals surface area contributed by atoms with Gasteiger partial charge in [0.2, 0.25) is 0 Å². The fourth-order valence-corrected chi connectivity index (χ4v) is 4.02. The van der Waals surface area contributed by atoms with E-state index < -0.39 is 16.6 Å². The number of benzene rings is 1. The number of Topliss-reactive ketones (excluding diaryl/α,β-unsaturated/α-hetero) is 1. The first-order valence-corrected chi connectivity index (χ1v) is 8.24. The van der Waals surface area contributed by atoms with Crippen LogP contribution in [0.5, 0.6) is 5.75 Å². The summed E-state index contributed by atoms with van der Waals surface area (Å²) in [6.07, 6.45) is 5.21. The van der Waals surface area contributed by atoms with Crippen molar-refractivity contribution >= 4 is 16.6 Å². The third kappa shape index (κ3) is 3.66. The second-order valence-corrected chi connectivity index (χ2v) is 6.77. The molecule has 0 N–H and O–H groups in total. The molecule has 1 aromatic carbocycles. The maximum Gasteiger partial charge on any atom is 0.175 e. The number of hydrogen-bond acceptors (Lipinski definition) is 3. The Labute approximate surface area is 121 Å². The molecule has 1 aromatic rings. The molecule has 1 aliphatic rings. The van der Waals surface area contributed by atoms with Crippen LogP contribution in [0.2, 0.25) is 0 Å². The van der Waals surface area contributed by atoms with Crippen molar-refractivity contribution in [1.82, 2.24) is 0 Å². The Morgan fingerprint density at radius 1 is 1.35 bits per heavy atom. The minimum atomic E-state index is -1.15. The number of methoxy groups -OCH3 is 1. The van der Waals surface area contributed by atoms with Crippen molar-refractivity contribution in [3.05, 3.63) is 29.6 Å². The van der Waals surface area contributed by atoms with Crippen LogP contribution >= 0.6 is 0 Å². The van der Waals surface area contributed by atoms with Crippen LogP contribution in [0.4, 0.5) is 4.39 Å². The molecule has 0 aliphatic heterocycles. The lowest BCUT2D eigenvalue weighted by Crippen LogP contribution is -2.24. The Morgan fingerprint density at radius 2 is 2.05 bits per heavy atom. The van der Waals surface area contributed by atoms with Gasteiger partial charge in [-0.1, -0.05) is 19.3 Å². The van der Waals surface area contributed by atoms with E-state index >= 15 is 0 Å². The third-order valence-electron chi connectivity index (χ3n) is 3.67. The molecule has 0 amide bonds. The van der Waals surface area contributed by atoms with Gasteiger partial charge in [-0.05, 0) is 31.0 Å². The van der Waals surface area contributed by atoms with Crippen LogP contribution in [0.3, 0.4) is 0 Å². The van der Waals surface area contributed by atoms with Gasteiger partial charge in [0.25, 0.3) is 0 Å². The van der Waals surface area contributed by atoms with Crippen LogP contribution in [0.25, 0.3) is 0 Å². The molecule has 5 heteroatoms. The fraction of sp³-hybridized carbons (Fsp3) is 0.533. The van der Waals surface area contributed by atoms with Gasteiger partial charge in [-0.3, -0.25) is 9.00 Å². The number of carbonyl (C=O) groups excluding carboxylic acids is 1. The Hall–Kier alpha value is -1.23. The highest BCUT2D eigenvalue weighted by molar-refractivity contribution is 7.86. The van der Waals surface area contributed by atoms with Crippen LogP contribution in [-0.4, -0.2) is 28.1 Å². The molecule has 0 radical (unpaired) electrons. The summed E-state index contributed by atoms with van der Waals surface area (Å²) in [5.41, 5.74) is 0.257. The first kappa shape index (κ1) is 15.2. The van der Waals surface area contributed by atoms with Crippen LogP contribution in [0.15, 0.2) is 18.2 Å². The van der Waals surface area contributed by atoms with Gasteiger partial charge >= 0.3 is 0 Å². The topological polar surface area (TPSA) is 43.4 Å². The van der Waals surface area contributed by atoms with Crippen molar-refractivity contribution in [2.24, 2.45) is 0 Å². The van der Waals surface area contributed by atoms with E-state index in [1.54, 1.807) is 0 Å². The molecule has 3 nitrogen and oxygen atoms in total. The molecule has 110 valence electrons. The molecule has 0 bridgehead atoms. The zero-order valence-corrected chi connectivity index (χ0v) is 12.4. The average Bonchev–Trinajstić information content (AvgIpc) is 2.48. The molecule has 20 heavy (non-hydrogen) atoms. The molecule has 1 aliphatic carbocycles. The van der Waals surface area contributed by atoms with Crippen LogP contribution in [0.1, 0.15) is 42.5 Å². The minimum absolute atomic E-state index is 0.0174. The predicted octanol–water partition coefficient (Wildman–Crippen LogP) is 3.10. The zero-order chi connectivity index (χ0) is 14.5. The van der Waals surface area contributed by atoms with Gasteiger partial charge in [0, 0.05) is 21.6 Å². The summed E-state index contributed by atoms with van der Waals surface area (Å²) < 4.78 is 30.5. The summed E-state index contributed by atoms with van der Waals surface area (Å²) in [6.45, 7) is 0. The van der Waals surface area contributed by atoms with Crippen molar-refractivity contribution < 1.29 is 18.1 Å². The van der Waals surface area contributed by atoms with Crippen molar-refractivity contribution in [1.29, 1.82) is 0 Å². The molecule has 0 aromatic heterocycles. The summed E-state index contributed by atoms with van der Waals surface area (Å²) in [4.78, 5) is 12.0. The smallest absolute Gasteiger partial charge is 0.175 e. The Morgan fingerprint density at radius 3 is 2.65 bits per heavy atom. The molecule has 0 heterocycles. The molecule has 1 fully saturated rings. The first-order valence-electron chi connectivity index (χ1n) is 6.85. The Bertz CT molecular complexity index is 510. The van der Waals surface area contributed by atoms with Gasteiger partial charge in [-0.25, -0.2) is 4.39 Å². The van der Waals surface area contributed by atoms with Crippen molar-refractivity contribution in [3.8, 4) is 5.75 Å². The summed E-state index contributed by atoms with van der Waals surface area (Å²) >= 11 is 0. The Kier molecular flexibility index (Phi) is 5.29. The van der Waals surface area contributed by atoms with Crippen LogP contribution < -0.4 is 4.74 Å².